The summed E-state index contributed by atoms with van der Waals surface area (Å²) in [5, 5.41) is 35.4. The van der Waals surface area contributed by atoms with Gasteiger partial charge in [-0.2, -0.15) is 20.6 Å². The summed E-state index contributed by atoms with van der Waals surface area (Å²) in [6.45, 7) is 0. The van der Waals surface area contributed by atoms with Gasteiger partial charge in [0, 0.05) is 0 Å². The lowest BCUT2D eigenvalue weighted by Crippen LogP contribution is -2.03. The fourth-order valence-corrected chi connectivity index (χ4v) is 1.09. The molecule has 0 saturated heterocycles. The van der Waals surface area contributed by atoms with Crippen molar-refractivity contribution in [3.63, 3.8) is 0 Å². The summed E-state index contributed by atoms with van der Waals surface area (Å²) in [4.78, 5) is 21.5. The molecule has 2 rings (SSSR count). The highest BCUT2D eigenvalue weighted by molar-refractivity contribution is 5.97. The van der Waals surface area contributed by atoms with Crippen molar-refractivity contribution in [1.82, 2.24) is 30.8 Å². The van der Waals surface area contributed by atoms with Crippen LogP contribution in [0.1, 0.15) is 21.0 Å². The minimum atomic E-state index is -1.34. The third-order valence-corrected chi connectivity index (χ3v) is 1.73. The molecule has 2 aromatic heterocycles. The maximum absolute atomic E-state index is 10.7. The number of carboxylic acid groups (broad SMARTS) is 2. The van der Waals surface area contributed by atoms with Crippen LogP contribution in [0.15, 0.2) is 0 Å². The van der Waals surface area contributed by atoms with Gasteiger partial charge in [-0.25, -0.2) is 9.59 Å². The third kappa shape index (κ3) is 1.37. The van der Waals surface area contributed by atoms with Gasteiger partial charge in [-0.1, -0.05) is 0 Å². The van der Waals surface area contributed by atoms with E-state index in [2.05, 4.69) is 30.8 Å². The van der Waals surface area contributed by atoms with E-state index in [1.54, 1.807) is 0 Å². The summed E-state index contributed by atoms with van der Waals surface area (Å²) in [7, 11) is 0. The van der Waals surface area contributed by atoms with Gasteiger partial charge >= 0.3 is 11.9 Å². The highest BCUT2D eigenvalue weighted by Crippen LogP contribution is 2.19. The zero-order chi connectivity index (χ0) is 11.7. The van der Waals surface area contributed by atoms with E-state index < -0.39 is 23.3 Å². The monoisotopic (exact) mass is 224 g/mol. The van der Waals surface area contributed by atoms with Gasteiger partial charge in [-0.15, -0.1) is 10.2 Å². The van der Waals surface area contributed by atoms with Crippen molar-refractivity contribution in [2.75, 3.05) is 0 Å². The Morgan fingerprint density at radius 2 is 1.19 bits per heavy atom. The van der Waals surface area contributed by atoms with Gasteiger partial charge in [0.25, 0.3) is 0 Å². The van der Waals surface area contributed by atoms with Crippen molar-refractivity contribution in [3.8, 4) is 11.4 Å². The Morgan fingerprint density at radius 1 is 0.812 bits per heavy atom. The van der Waals surface area contributed by atoms with Crippen LogP contribution in [0.5, 0.6) is 0 Å². The average molecular weight is 224 g/mol. The molecule has 0 aliphatic heterocycles. The molecule has 0 bridgehead atoms. The molecule has 0 aliphatic carbocycles. The van der Waals surface area contributed by atoms with Gasteiger partial charge in [0.05, 0.1) is 0 Å². The topological polar surface area (TPSA) is 158 Å². The molecular formula is C6H4N6O4. The standard InChI is InChI=1S/C6H4N6O4/c13-5(14)3-1(7-11-9-3)2-4(6(15)16)10-12-8-2/h(H,13,14)(H,15,16)(H,7,9,11)(H,8,10,12). The summed E-state index contributed by atoms with van der Waals surface area (Å²) in [6.07, 6.45) is 0. The zero-order valence-corrected chi connectivity index (χ0v) is 7.50. The maximum atomic E-state index is 10.7. The van der Waals surface area contributed by atoms with E-state index in [0.29, 0.717) is 0 Å². The molecule has 0 amide bonds. The van der Waals surface area contributed by atoms with Crippen molar-refractivity contribution in [2.24, 2.45) is 0 Å². The first-order valence-corrected chi connectivity index (χ1v) is 3.89. The van der Waals surface area contributed by atoms with Gasteiger partial charge in [0.1, 0.15) is 0 Å². The second kappa shape index (κ2) is 3.42. The number of hydrogen-bond acceptors (Lipinski definition) is 6. The van der Waals surface area contributed by atoms with Crippen LogP contribution >= 0.6 is 0 Å². The predicted octanol–water partition coefficient (Wildman–Crippen LogP) is -1.01. The molecule has 0 radical (unpaired) electrons. The van der Waals surface area contributed by atoms with Crippen molar-refractivity contribution in [1.29, 1.82) is 0 Å². The zero-order valence-electron chi connectivity index (χ0n) is 7.50. The first-order chi connectivity index (χ1) is 7.61. The molecule has 0 saturated carbocycles. The van der Waals surface area contributed by atoms with Crippen molar-refractivity contribution in [2.45, 2.75) is 0 Å². The highest BCUT2D eigenvalue weighted by atomic mass is 16.4. The van der Waals surface area contributed by atoms with E-state index >= 15 is 0 Å². The lowest BCUT2D eigenvalue weighted by molar-refractivity contribution is 0.0678. The second-order valence-electron chi connectivity index (χ2n) is 2.65. The van der Waals surface area contributed by atoms with Crippen LogP contribution in [-0.4, -0.2) is 53.0 Å². The number of aromatic amines is 2. The average Bonchev–Trinajstić information content (AvgIpc) is 2.85. The fourth-order valence-electron chi connectivity index (χ4n) is 1.09. The Morgan fingerprint density at radius 3 is 1.50 bits per heavy atom. The van der Waals surface area contributed by atoms with Crippen LogP contribution in [0.25, 0.3) is 11.4 Å². The smallest absolute Gasteiger partial charge is 0.358 e. The molecular weight excluding hydrogens is 220 g/mol. The number of nitrogens with zero attached hydrogens (tertiary/aromatic N) is 4. The summed E-state index contributed by atoms with van der Waals surface area (Å²) >= 11 is 0. The summed E-state index contributed by atoms with van der Waals surface area (Å²) < 4.78 is 0. The number of nitrogens with one attached hydrogen (secondary N) is 2. The normalized spacial score (nSPS) is 10.2. The van der Waals surface area contributed by atoms with Gasteiger partial charge in [0.2, 0.25) is 0 Å². The molecule has 10 heteroatoms. The van der Waals surface area contributed by atoms with Crippen LogP contribution in [0, 0.1) is 0 Å². The Labute approximate surface area is 86.3 Å². The largest absolute Gasteiger partial charge is 0.476 e. The van der Waals surface area contributed by atoms with Gasteiger partial charge < -0.3 is 10.2 Å². The SMILES string of the molecule is O=C(O)c1n[nH]nc1-c1n[nH]nc1C(=O)O. The van der Waals surface area contributed by atoms with Crippen LogP contribution in [-0.2, 0) is 0 Å². The first kappa shape index (κ1) is 9.76. The molecule has 0 unspecified atom stereocenters. The molecule has 4 N–H and O–H groups in total. The van der Waals surface area contributed by atoms with Crippen LogP contribution in [0.2, 0.25) is 0 Å². The van der Waals surface area contributed by atoms with Gasteiger partial charge in [-0.3, -0.25) is 0 Å². The van der Waals surface area contributed by atoms with Crippen molar-refractivity contribution in [3.05, 3.63) is 11.4 Å². The Balaban J connectivity index is 2.59. The first-order valence-electron chi connectivity index (χ1n) is 3.89. The third-order valence-electron chi connectivity index (χ3n) is 1.73. The number of aromatic nitrogens is 6. The number of rotatable bonds is 3. The maximum Gasteiger partial charge on any atom is 0.358 e. The number of H-pyrrole nitrogens is 2. The Hall–Kier alpha value is -2.78. The summed E-state index contributed by atoms with van der Waals surface area (Å²) in [5.41, 5.74) is -1.20. The predicted molar refractivity (Wildman–Crippen MR) is 45.7 cm³/mol. The van der Waals surface area contributed by atoms with E-state index in [9.17, 15) is 9.59 Å². The van der Waals surface area contributed by atoms with E-state index in [1.165, 1.54) is 0 Å². The second-order valence-corrected chi connectivity index (χ2v) is 2.65. The Bertz CT molecular complexity index is 507. The van der Waals surface area contributed by atoms with Crippen LogP contribution in [0.4, 0.5) is 0 Å². The number of carbonyl (C=O) groups is 2. The van der Waals surface area contributed by atoms with Crippen LogP contribution < -0.4 is 0 Å². The minimum absolute atomic E-state index is 0.182. The molecule has 2 heterocycles. The molecule has 0 aromatic carbocycles. The lowest BCUT2D eigenvalue weighted by Gasteiger charge is -1.92. The van der Waals surface area contributed by atoms with Crippen molar-refractivity contribution >= 4 is 11.9 Å². The molecule has 16 heavy (non-hydrogen) atoms. The summed E-state index contributed by atoms with van der Waals surface area (Å²) in [5.74, 6) is -2.69. The molecule has 0 aliphatic rings. The number of hydrogen-bond donors (Lipinski definition) is 4. The summed E-state index contributed by atoms with van der Waals surface area (Å²) in [6, 6.07) is 0. The van der Waals surface area contributed by atoms with E-state index in [4.69, 9.17) is 10.2 Å². The lowest BCUT2D eigenvalue weighted by atomic mass is 10.2. The molecule has 0 spiro atoms. The van der Waals surface area contributed by atoms with Crippen molar-refractivity contribution < 1.29 is 19.8 Å². The van der Waals surface area contributed by atoms with Crippen LogP contribution in [0.3, 0.4) is 0 Å². The minimum Gasteiger partial charge on any atom is -0.476 e. The molecule has 0 fully saturated rings. The number of aromatic carboxylic acids is 2. The molecule has 2 aromatic rings. The Kier molecular flexibility index (Phi) is 2.08. The molecule has 82 valence electrons. The molecule has 10 nitrogen and oxygen atoms in total. The van der Waals surface area contributed by atoms with E-state index in [1.807, 2.05) is 0 Å². The van der Waals surface area contributed by atoms with E-state index in [-0.39, 0.29) is 11.4 Å². The highest BCUT2D eigenvalue weighted by Gasteiger charge is 2.25. The fraction of sp³-hybridized carbons (Fsp3) is 0. The van der Waals surface area contributed by atoms with Gasteiger partial charge in [0.15, 0.2) is 22.8 Å². The quantitative estimate of drug-likeness (QED) is 0.515. The molecule has 0 atom stereocenters. The number of carboxylic acids is 2. The van der Waals surface area contributed by atoms with Gasteiger partial charge in [-0.05, 0) is 0 Å². The van der Waals surface area contributed by atoms with E-state index in [0.717, 1.165) is 0 Å².